The van der Waals surface area contributed by atoms with E-state index in [1.54, 1.807) is 36.4 Å². The summed E-state index contributed by atoms with van der Waals surface area (Å²) in [5, 5.41) is 4.22. The monoisotopic (exact) mass is 449 g/mol. The fourth-order valence-corrected chi connectivity index (χ4v) is 3.07. The van der Waals surface area contributed by atoms with E-state index in [0.717, 1.165) is 5.01 Å². The van der Waals surface area contributed by atoms with Crippen LogP contribution in [0.3, 0.4) is 0 Å². The highest BCUT2D eigenvalue weighted by atomic mass is 35.5. The van der Waals surface area contributed by atoms with Gasteiger partial charge in [-0.25, -0.2) is 0 Å². The predicted molar refractivity (Wildman–Crippen MR) is 110 cm³/mol. The average Bonchev–Trinajstić information content (AvgIpc) is 3.10. The average molecular weight is 450 g/mol. The summed E-state index contributed by atoms with van der Waals surface area (Å²) in [5.41, 5.74) is 3.26. The smallest absolute Gasteiger partial charge is 0.311 e. The van der Waals surface area contributed by atoms with Gasteiger partial charge in [0.15, 0.2) is 6.61 Å². The van der Waals surface area contributed by atoms with E-state index in [2.05, 4.69) is 10.7 Å². The lowest BCUT2D eigenvalue weighted by atomic mass is 10.1. The Kier molecular flexibility index (Phi) is 6.91. The molecule has 0 saturated carbocycles. The number of ether oxygens (including phenoxy) is 1. The second-order valence-corrected chi connectivity index (χ2v) is 7.31. The summed E-state index contributed by atoms with van der Waals surface area (Å²) < 4.78 is 5.00. The Balaban J connectivity index is 1.47. The number of carbonyl (C=O) groups is 4. The Hall–Kier alpha value is -3.10. The lowest BCUT2D eigenvalue weighted by Crippen LogP contribution is -2.43. The Bertz CT molecular complexity index is 984. The van der Waals surface area contributed by atoms with Crippen LogP contribution >= 0.6 is 23.2 Å². The number of nitrogens with zero attached hydrogens (tertiary/aromatic N) is 1. The van der Waals surface area contributed by atoms with Gasteiger partial charge in [0.2, 0.25) is 5.91 Å². The summed E-state index contributed by atoms with van der Waals surface area (Å²) in [6.45, 7) is -0.565. The molecule has 8 nitrogen and oxygen atoms in total. The molecule has 2 N–H and O–H groups in total. The minimum absolute atomic E-state index is 0.0371. The highest BCUT2D eigenvalue weighted by Crippen LogP contribution is 2.25. The second kappa shape index (κ2) is 9.60. The topological polar surface area (TPSA) is 105 Å². The molecule has 1 aliphatic heterocycles. The van der Waals surface area contributed by atoms with Gasteiger partial charge in [0, 0.05) is 17.7 Å². The number of carbonyl (C=O) groups excluding carboxylic acids is 4. The molecule has 1 fully saturated rings. The molecular formula is C20H17Cl2N3O5. The van der Waals surface area contributed by atoms with Gasteiger partial charge in [-0.3, -0.25) is 29.6 Å². The number of anilines is 1. The van der Waals surface area contributed by atoms with Gasteiger partial charge in [-0.15, -0.1) is 0 Å². The van der Waals surface area contributed by atoms with Crippen molar-refractivity contribution in [2.24, 2.45) is 5.92 Å². The Morgan fingerprint density at radius 2 is 1.80 bits per heavy atom. The van der Waals surface area contributed by atoms with Crippen molar-refractivity contribution in [3.8, 4) is 0 Å². The van der Waals surface area contributed by atoms with Crippen molar-refractivity contribution in [1.29, 1.82) is 0 Å². The van der Waals surface area contributed by atoms with Crippen molar-refractivity contribution in [3.63, 3.8) is 0 Å². The zero-order valence-electron chi connectivity index (χ0n) is 15.6. The van der Waals surface area contributed by atoms with Gasteiger partial charge in [-0.1, -0.05) is 41.4 Å². The third kappa shape index (κ3) is 5.49. The minimum Gasteiger partial charge on any atom is -0.455 e. The van der Waals surface area contributed by atoms with E-state index in [0.29, 0.717) is 16.3 Å². The summed E-state index contributed by atoms with van der Waals surface area (Å²) in [5.74, 6) is -2.93. The highest BCUT2D eigenvalue weighted by molar-refractivity contribution is 6.42. The summed E-state index contributed by atoms with van der Waals surface area (Å²) in [6.07, 6.45) is -0.123. The number of hydrogen-bond acceptors (Lipinski definition) is 5. The minimum atomic E-state index is -0.786. The fraction of sp³-hybridized carbons (Fsp3) is 0.200. The first-order valence-corrected chi connectivity index (χ1v) is 9.67. The number of benzene rings is 2. The van der Waals surface area contributed by atoms with Gasteiger partial charge in [-0.2, -0.15) is 0 Å². The molecular weight excluding hydrogens is 433 g/mol. The Morgan fingerprint density at radius 3 is 2.50 bits per heavy atom. The fourth-order valence-electron chi connectivity index (χ4n) is 2.78. The number of esters is 1. The standard InChI is InChI=1S/C20H17Cl2N3O5/c21-15-7-6-14(9-16(15)22)23-17(26)11-30-20(29)13-8-18(27)25(10-13)24-19(28)12-4-2-1-3-5-12/h1-7,9,13H,8,10-11H2,(H,23,26)(H,24,28)/t13-/m1/s1. The number of rotatable bonds is 6. The molecule has 0 aliphatic carbocycles. The van der Waals surface area contributed by atoms with Crippen LogP contribution in [0.2, 0.25) is 10.0 Å². The molecule has 0 unspecified atom stereocenters. The highest BCUT2D eigenvalue weighted by Gasteiger charge is 2.36. The van der Waals surface area contributed by atoms with Crippen molar-refractivity contribution < 1.29 is 23.9 Å². The van der Waals surface area contributed by atoms with Crippen molar-refractivity contribution in [2.45, 2.75) is 6.42 Å². The molecule has 0 spiro atoms. The predicted octanol–water partition coefficient (Wildman–Crippen LogP) is 2.67. The van der Waals surface area contributed by atoms with Gasteiger partial charge in [-0.05, 0) is 30.3 Å². The molecule has 0 radical (unpaired) electrons. The van der Waals surface area contributed by atoms with Crippen LogP contribution in [-0.4, -0.2) is 41.9 Å². The lowest BCUT2D eigenvalue weighted by Gasteiger charge is -2.17. The molecule has 2 aromatic carbocycles. The maximum Gasteiger partial charge on any atom is 0.311 e. The molecule has 2 aromatic rings. The van der Waals surface area contributed by atoms with E-state index in [-0.39, 0.29) is 18.0 Å². The normalized spacial score (nSPS) is 15.6. The van der Waals surface area contributed by atoms with Gasteiger partial charge in [0.25, 0.3) is 11.8 Å². The summed E-state index contributed by atoms with van der Waals surface area (Å²) >= 11 is 11.7. The van der Waals surface area contributed by atoms with Gasteiger partial charge in [0.1, 0.15) is 0 Å². The third-order valence-corrected chi connectivity index (χ3v) is 5.02. The van der Waals surface area contributed by atoms with Crippen LogP contribution in [0.25, 0.3) is 0 Å². The van der Waals surface area contributed by atoms with E-state index in [9.17, 15) is 19.2 Å². The molecule has 0 bridgehead atoms. The van der Waals surface area contributed by atoms with E-state index in [1.165, 1.54) is 12.1 Å². The van der Waals surface area contributed by atoms with Crippen LogP contribution in [0.5, 0.6) is 0 Å². The van der Waals surface area contributed by atoms with E-state index >= 15 is 0 Å². The maximum atomic E-state index is 12.2. The molecule has 3 rings (SSSR count). The second-order valence-electron chi connectivity index (χ2n) is 6.50. The third-order valence-electron chi connectivity index (χ3n) is 4.28. The number of nitrogens with one attached hydrogen (secondary N) is 2. The Morgan fingerprint density at radius 1 is 1.07 bits per heavy atom. The maximum absolute atomic E-state index is 12.2. The van der Waals surface area contributed by atoms with Crippen LogP contribution in [-0.2, 0) is 19.1 Å². The number of hydrazine groups is 1. The van der Waals surface area contributed by atoms with Crippen molar-refractivity contribution >= 4 is 52.6 Å². The van der Waals surface area contributed by atoms with Crippen molar-refractivity contribution in [3.05, 3.63) is 64.1 Å². The molecule has 0 aromatic heterocycles. The zero-order chi connectivity index (χ0) is 21.7. The molecule has 3 amide bonds. The molecule has 30 heavy (non-hydrogen) atoms. The quantitative estimate of drug-likeness (QED) is 0.659. The van der Waals surface area contributed by atoms with Crippen LogP contribution in [0.15, 0.2) is 48.5 Å². The molecule has 1 atom stereocenters. The molecule has 1 aliphatic rings. The first kappa shape index (κ1) is 21.6. The zero-order valence-corrected chi connectivity index (χ0v) is 17.1. The number of amides is 3. The lowest BCUT2D eigenvalue weighted by molar-refractivity contribution is -0.151. The van der Waals surface area contributed by atoms with Crippen LogP contribution in [0, 0.1) is 5.92 Å². The number of halogens is 2. The first-order chi connectivity index (χ1) is 14.3. The largest absolute Gasteiger partial charge is 0.455 e. The van der Waals surface area contributed by atoms with E-state index < -0.39 is 36.2 Å². The summed E-state index contributed by atoms with van der Waals surface area (Å²) in [4.78, 5) is 48.4. The number of hydrogen-bond donors (Lipinski definition) is 2. The van der Waals surface area contributed by atoms with E-state index in [4.69, 9.17) is 27.9 Å². The molecule has 1 heterocycles. The first-order valence-electron chi connectivity index (χ1n) is 8.91. The summed E-state index contributed by atoms with van der Waals surface area (Å²) in [6, 6.07) is 12.9. The summed E-state index contributed by atoms with van der Waals surface area (Å²) in [7, 11) is 0. The van der Waals surface area contributed by atoms with Crippen molar-refractivity contribution in [1.82, 2.24) is 10.4 Å². The SMILES string of the molecule is O=C(COC(=O)[C@@H]1CC(=O)N(NC(=O)c2ccccc2)C1)Nc1ccc(Cl)c(Cl)c1. The Labute approximate surface area is 182 Å². The molecule has 10 heteroatoms. The van der Waals surface area contributed by atoms with Crippen molar-refractivity contribution in [2.75, 3.05) is 18.5 Å². The molecule has 1 saturated heterocycles. The van der Waals surface area contributed by atoms with Crippen LogP contribution < -0.4 is 10.7 Å². The van der Waals surface area contributed by atoms with Crippen LogP contribution in [0.4, 0.5) is 5.69 Å². The van der Waals surface area contributed by atoms with Gasteiger partial charge >= 0.3 is 5.97 Å². The van der Waals surface area contributed by atoms with Gasteiger partial charge < -0.3 is 10.1 Å². The van der Waals surface area contributed by atoms with E-state index in [1.807, 2.05) is 0 Å². The van der Waals surface area contributed by atoms with Gasteiger partial charge in [0.05, 0.1) is 22.5 Å². The van der Waals surface area contributed by atoms with Crippen LogP contribution in [0.1, 0.15) is 16.8 Å². The molecule has 156 valence electrons.